The summed E-state index contributed by atoms with van der Waals surface area (Å²) < 4.78 is 10.4. The van der Waals surface area contributed by atoms with E-state index in [9.17, 15) is 15.0 Å². The molecule has 1 heterocycles. The SMILES string of the molecule is CCCCC[C@H]1O[C@H](C(O)C/C=C\C/C=C\CCCC(=O)OC)CC1O. The molecule has 0 amide bonds. The van der Waals surface area contributed by atoms with Crippen molar-refractivity contribution in [2.45, 2.75) is 95.5 Å². The zero-order valence-corrected chi connectivity index (χ0v) is 16.3. The van der Waals surface area contributed by atoms with Gasteiger partial charge in [0, 0.05) is 12.8 Å². The van der Waals surface area contributed by atoms with Gasteiger partial charge in [0.1, 0.15) is 0 Å². The minimum atomic E-state index is -0.568. The van der Waals surface area contributed by atoms with Crippen molar-refractivity contribution in [2.24, 2.45) is 0 Å². The summed E-state index contributed by atoms with van der Waals surface area (Å²) in [5, 5.41) is 20.3. The van der Waals surface area contributed by atoms with Crippen molar-refractivity contribution in [1.82, 2.24) is 0 Å². The van der Waals surface area contributed by atoms with E-state index in [1.54, 1.807) is 0 Å². The van der Waals surface area contributed by atoms with Crippen molar-refractivity contribution in [3.63, 3.8) is 0 Å². The van der Waals surface area contributed by atoms with Crippen LogP contribution in [0.1, 0.15) is 71.1 Å². The first-order chi connectivity index (χ1) is 12.6. The standard InChI is InChI=1S/C21H36O5/c1-3-4-10-14-19-18(23)16-20(26-19)17(22)13-11-8-6-5-7-9-12-15-21(24)25-2/h5,7-8,11,17-20,22-23H,3-4,6,9-10,12-16H2,1-2H3/b7-5-,11-8-/t17?,18?,19-,20+/m1/s1. The van der Waals surface area contributed by atoms with Crippen LogP contribution in [0.2, 0.25) is 0 Å². The molecule has 0 radical (unpaired) electrons. The summed E-state index contributed by atoms with van der Waals surface area (Å²) in [5.41, 5.74) is 0. The summed E-state index contributed by atoms with van der Waals surface area (Å²) >= 11 is 0. The van der Waals surface area contributed by atoms with E-state index in [-0.39, 0.29) is 18.2 Å². The van der Waals surface area contributed by atoms with Gasteiger partial charge in [-0.2, -0.15) is 0 Å². The van der Waals surface area contributed by atoms with Crippen molar-refractivity contribution in [3.05, 3.63) is 24.3 Å². The van der Waals surface area contributed by atoms with Gasteiger partial charge in [-0.05, 0) is 32.1 Å². The minimum Gasteiger partial charge on any atom is -0.469 e. The molecule has 1 aliphatic rings. The second-order valence-corrected chi connectivity index (χ2v) is 6.96. The number of unbranched alkanes of at least 4 members (excludes halogenated alkanes) is 3. The monoisotopic (exact) mass is 368 g/mol. The minimum absolute atomic E-state index is 0.127. The molecule has 5 heteroatoms. The number of carbonyl (C=O) groups excluding carboxylic acids is 1. The molecule has 5 nitrogen and oxygen atoms in total. The van der Waals surface area contributed by atoms with Crippen molar-refractivity contribution >= 4 is 5.97 Å². The predicted molar refractivity (Wildman–Crippen MR) is 103 cm³/mol. The summed E-state index contributed by atoms with van der Waals surface area (Å²) in [5.74, 6) is -0.167. The van der Waals surface area contributed by atoms with Crippen LogP contribution in [0.15, 0.2) is 24.3 Å². The highest BCUT2D eigenvalue weighted by molar-refractivity contribution is 5.69. The lowest BCUT2D eigenvalue weighted by molar-refractivity contribution is -0.140. The number of carbonyl (C=O) groups is 1. The van der Waals surface area contributed by atoms with Gasteiger partial charge >= 0.3 is 5.97 Å². The van der Waals surface area contributed by atoms with Crippen LogP contribution in [-0.2, 0) is 14.3 Å². The first kappa shape index (κ1) is 22.9. The maximum atomic E-state index is 11.0. The number of hydrogen-bond donors (Lipinski definition) is 2. The number of aliphatic hydroxyl groups is 2. The Balaban J connectivity index is 2.14. The van der Waals surface area contributed by atoms with Crippen molar-refractivity contribution < 1.29 is 24.5 Å². The van der Waals surface area contributed by atoms with Gasteiger partial charge < -0.3 is 19.7 Å². The molecule has 0 spiro atoms. The quantitative estimate of drug-likeness (QED) is 0.295. The van der Waals surface area contributed by atoms with Crippen LogP contribution >= 0.6 is 0 Å². The Morgan fingerprint density at radius 3 is 2.73 bits per heavy atom. The molecule has 26 heavy (non-hydrogen) atoms. The molecule has 0 aromatic carbocycles. The van der Waals surface area contributed by atoms with E-state index >= 15 is 0 Å². The molecule has 2 N–H and O–H groups in total. The third kappa shape index (κ3) is 9.51. The van der Waals surface area contributed by atoms with Crippen LogP contribution in [0.25, 0.3) is 0 Å². The lowest BCUT2D eigenvalue weighted by atomic mass is 10.0. The fourth-order valence-electron chi connectivity index (χ4n) is 3.11. The van der Waals surface area contributed by atoms with Crippen LogP contribution in [0.4, 0.5) is 0 Å². The molecule has 0 aromatic rings. The number of ether oxygens (including phenoxy) is 2. The molecular formula is C21H36O5. The summed E-state index contributed by atoms with van der Waals surface area (Å²) in [6.45, 7) is 2.16. The number of esters is 1. The molecule has 1 fully saturated rings. The highest BCUT2D eigenvalue weighted by Gasteiger charge is 2.36. The van der Waals surface area contributed by atoms with Gasteiger partial charge in [0.05, 0.1) is 31.5 Å². The van der Waals surface area contributed by atoms with Crippen LogP contribution in [0, 0.1) is 0 Å². The van der Waals surface area contributed by atoms with E-state index in [1.807, 2.05) is 12.2 Å². The van der Waals surface area contributed by atoms with E-state index in [4.69, 9.17) is 4.74 Å². The Hall–Kier alpha value is -1.17. The van der Waals surface area contributed by atoms with E-state index < -0.39 is 12.2 Å². The smallest absolute Gasteiger partial charge is 0.305 e. The van der Waals surface area contributed by atoms with Crippen molar-refractivity contribution in [3.8, 4) is 0 Å². The van der Waals surface area contributed by atoms with Crippen LogP contribution in [0.3, 0.4) is 0 Å². The van der Waals surface area contributed by atoms with Gasteiger partial charge in [0.2, 0.25) is 0 Å². The fourth-order valence-corrected chi connectivity index (χ4v) is 3.11. The average Bonchev–Trinajstić information content (AvgIpc) is 3.01. The predicted octanol–water partition coefficient (Wildman–Crippen LogP) is 3.68. The van der Waals surface area contributed by atoms with Gasteiger partial charge in [-0.15, -0.1) is 0 Å². The third-order valence-electron chi connectivity index (χ3n) is 4.74. The van der Waals surface area contributed by atoms with Crippen molar-refractivity contribution in [2.75, 3.05) is 7.11 Å². The van der Waals surface area contributed by atoms with Gasteiger partial charge in [-0.1, -0.05) is 50.5 Å². The van der Waals surface area contributed by atoms with Crippen molar-refractivity contribution in [1.29, 1.82) is 0 Å². The lowest BCUT2D eigenvalue weighted by Crippen LogP contribution is -2.25. The number of rotatable bonds is 13. The van der Waals surface area contributed by atoms with Gasteiger partial charge in [-0.25, -0.2) is 0 Å². The molecule has 2 unspecified atom stereocenters. The lowest BCUT2D eigenvalue weighted by Gasteiger charge is -2.18. The zero-order valence-electron chi connectivity index (χ0n) is 16.3. The summed E-state index contributed by atoms with van der Waals surface area (Å²) in [4.78, 5) is 11.0. The van der Waals surface area contributed by atoms with E-state index in [0.717, 1.165) is 44.9 Å². The van der Waals surface area contributed by atoms with E-state index in [1.165, 1.54) is 7.11 Å². The Morgan fingerprint density at radius 2 is 2.00 bits per heavy atom. The summed E-state index contributed by atoms with van der Waals surface area (Å²) in [7, 11) is 1.40. The molecule has 1 rings (SSSR count). The first-order valence-electron chi connectivity index (χ1n) is 9.96. The zero-order chi connectivity index (χ0) is 19.2. The molecular weight excluding hydrogens is 332 g/mol. The average molecular weight is 369 g/mol. The Labute approximate surface area is 158 Å². The topological polar surface area (TPSA) is 76.0 Å². The summed E-state index contributed by atoms with van der Waals surface area (Å²) in [6, 6.07) is 0. The number of allylic oxidation sites excluding steroid dienone is 3. The highest BCUT2D eigenvalue weighted by Crippen LogP contribution is 2.27. The second kappa shape index (κ2) is 14.0. The Morgan fingerprint density at radius 1 is 1.23 bits per heavy atom. The first-order valence-corrected chi connectivity index (χ1v) is 9.96. The normalized spacial score (nSPS) is 24.5. The van der Waals surface area contributed by atoms with Crippen LogP contribution in [0.5, 0.6) is 0 Å². The molecule has 150 valence electrons. The van der Waals surface area contributed by atoms with Gasteiger partial charge in [0.15, 0.2) is 0 Å². The fraction of sp³-hybridized carbons (Fsp3) is 0.762. The van der Waals surface area contributed by atoms with Crippen LogP contribution in [-0.4, -0.2) is 47.7 Å². The molecule has 1 aliphatic heterocycles. The second-order valence-electron chi connectivity index (χ2n) is 6.96. The largest absolute Gasteiger partial charge is 0.469 e. The maximum Gasteiger partial charge on any atom is 0.305 e. The molecule has 1 saturated heterocycles. The number of hydrogen-bond acceptors (Lipinski definition) is 5. The van der Waals surface area contributed by atoms with Gasteiger partial charge in [0.25, 0.3) is 0 Å². The number of methoxy groups -OCH3 is 1. The highest BCUT2D eigenvalue weighted by atomic mass is 16.5. The maximum absolute atomic E-state index is 11.0. The Kier molecular flexibility index (Phi) is 12.3. The van der Waals surface area contributed by atoms with E-state index in [2.05, 4.69) is 23.8 Å². The Bertz CT molecular complexity index is 432. The molecule has 4 atom stereocenters. The van der Waals surface area contributed by atoms with Crippen LogP contribution < -0.4 is 0 Å². The molecule has 0 aromatic heterocycles. The van der Waals surface area contributed by atoms with E-state index in [0.29, 0.717) is 19.3 Å². The third-order valence-corrected chi connectivity index (χ3v) is 4.74. The molecule has 0 aliphatic carbocycles. The van der Waals surface area contributed by atoms with Gasteiger partial charge in [-0.3, -0.25) is 4.79 Å². The number of aliphatic hydroxyl groups excluding tert-OH is 2. The molecule has 0 saturated carbocycles. The molecule has 0 bridgehead atoms. The summed E-state index contributed by atoms with van der Waals surface area (Å²) in [6.07, 6.45) is 14.9.